The number of nitrogens with zero attached hydrogens (tertiary/aromatic N) is 1. The lowest BCUT2D eigenvalue weighted by molar-refractivity contribution is -0.134. The van der Waals surface area contributed by atoms with E-state index in [0.29, 0.717) is 11.1 Å². The summed E-state index contributed by atoms with van der Waals surface area (Å²) in [5.41, 5.74) is 6.10. The Hall–Kier alpha value is -4.38. The number of carboxylic acids is 1. The fraction of sp³-hybridized carbons (Fsp3) is 0.167. The van der Waals surface area contributed by atoms with Gasteiger partial charge in [-0.3, -0.25) is 20.0 Å². The van der Waals surface area contributed by atoms with Crippen LogP contribution in [0.5, 0.6) is 11.5 Å². The van der Waals surface area contributed by atoms with E-state index >= 15 is 4.39 Å². The number of benzene rings is 2. The SMILES string of the molecule is CC(=O)O.COC(C(=O)NCc1ccc(C(=N)N)cc1)c1c(F)ccc(Oc2cccnc2)c1F. The van der Waals surface area contributed by atoms with E-state index in [1.54, 1.807) is 36.4 Å². The van der Waals surface area contributed by atoms with Gasteiger partial charge in [-0.05, 0) is 29.8 Å². The molecule has 0 aliphatic carbocycles. The molecule has 0 fully saturated rings. The van der Waals surface area contributed by atoms with Crippen molar-refractivity contribution in [3.63, 3.8) is 0 Å². The maximum Gasteiger partial charge on any atom is 0.300 e. The number of carboxylic acid groups (broad SMARTS) is 1. The van der Waals surface area contributed by atoms with Gasteiger partial charge < -0.3 is 25.6 Å². The highest BCUT2D eigenvalue weighted by molar-refractivity contribution is 5.94. The zero-order chi connectivity index (χ0) is 26.0. The molecule has 9 nitrogen and oxygen atoms in total. The molecule has 0 saturated heterocycles. The van der Waals surface area contributed by atoms with E-state index in [-0.39, 0.29) is 23.9 Å². The molecule has 0 radical (unpaired) electrons. The van der Waals surface area contributed by atoms with Crippen LogP contribution in [0.1, 0.15) is 29.7 Å². The minimum Gasteiger partial charge on any atom is -0.481 e. The van der Waals surface area contributed by atoms with E-state index in [0.717, 1.165) is 19.1 Å². The summed E-state index contributed by atoms with van der Waals surface area (Å²) < 4.78 is 40.0. The van der Waals surface area contributed by atoms with Gasteiger partial charge in [-0.1, -0.05) is 24.3 Å². The van der Waals surface area contributed by atoms with Crippen molar-refractivity contribution in [3.8, 4) is 11.5 Å². The monoisotopic (exact) mass is 486 g/mol. The Morgan fingerprint density at radius 3 is 2.37 bits per heavy atom. The molecular formula is C24H24F2N4O5. The van der Waals surface area contributed by atoms with Crippen molar-refractivity contribution in [2.24, 2.45) is 5.73 Å². The highest BCUT2D eigenvalue weighted by atomic mass is 19.1. The first kappa shape index (κ1) is 26.9. The third kappa shape index (κ3) is 7.86. The van der Waals surface area contributed by atoms with Crippen LogP contribution in [-0.4, -0.2) is 34.9 Å². The van der Waals surface area contributed by atoms with Gasteiger partial charge in [0.15, 0.2) is 17.7 Å². The van der Waals surface area contributed by atoms with Gasteiger partial charge in [0.25, 0.3) is 11.9 Å². The van der Waals surface area contributed by atoms with Crippen molar-refractivity contribution in [2.75, 3.05) is 7.11 Å². The Labute approximate surface area is 200 Å². The first-order chi connectivity index (χ1) is 16.6. The zero-order valence-corrected chi connectivity index (χ0v) is 18.9. The van der Waals surface area contributed by atoms with Crippen molar-refractivity contribution in [3.05, 3.63) is 89.2 Å². The second-order valence-electron chi connectivity index (χ2n) is 7.03. The number of aliphatic carboxylic acids is 1. The molecule has 0 bridgehead atoms. The Bertz CT molecular complexity index is 1170. The number of aromatic nitrogens is 1. The Morgan fingerprint density at radius 2 is 1.83 bits per heavy atom. The zero-order valence-electron chi connectivity index (χ0n) is 18.9. The molecule has 1 heterocycles. The Morgan fingerprint density at radius 1 is 1.17 bits per heavy atom. The van der Waals surface area contributed by atoms with Crippen LogP contribution in [0.25, 0.3) is 0 Å². The van der Waals surface area contributed by atoms with Gasteiger partial charge in [-0.15, -0.1) is 0 Å². The third-order valence-corrected chi connectivity index (χ3v) is 4.42. The van der Waals surface area contributed by atoms with Crippen LogP contribution in [0.3, 0.4) is 0 Å². The molecule has 184 valence electrons. The summed E-state index contributed by atoms with van der Waals surface area (Å²) in [5.74, 6) is -3.63. The van der Waals surface area contributed by atoms with Crippen LogP contribution < -0.4 is 15.8 Å². The fourth-order valence-corrected chi connectivity index (χ4v) is 2.84. The number of hydrogen-bond donors (Lipinski definition) is 4. The number of nitrogen functional groups attached to an aromatic ring is 1. The van der Waals surface area contributed by atoms with Crippen molar-refractivity contribution < 1.29 is 33.0 Å². The summed E-state index contributed by atoms with van der Waals surface area (Å²) >= 11 is 0. The minimum atomic E-state index is -1.53. The van der Waals surface area contributed by atoms with Crippen LogP contribution in [-0.2, 0) is 20.9 Å². The molecule has 1 amide bonds. The van der Waals surface area contributed by atoms with Crippen molar-refractivity contribution in [2.45, 2.75) is 19.6 Å². The van der Waals surface area contributed by atoms with E-state index in [1.807, 2.05) is 0 Å². The molecule has 3 rings (SSSR count). The maximum absolute atomic E-state index is 15.0. The number of pyridine rings is 1. The standard InChI is InChI=1S/C22H20F2N4O3.C2H4O2/c1-30-20(22(29)28-11-13-4-6-14(7-5-13)21(25)26)18-16(23)8-9-17(19(18)24)31-15-3-2-10-27-12-15;1-2(3)4/h2-10,12,20H,11H2,1H3,(H3,25,26)(H,28,29);1H3,(H,3,4). The average Bonchev–Trinajstić information content (AvgIpc) is 2.82. The maximum atomic E-state index is 15.0. The van der Waals surface area contributed by atoms with Crippen molar-refractivity contribution >= 4 is 17.7 Å². The second kappa shape index (κ2) is 12.8. The second-order valence-corrected chi connectivity index (χ2v) is 7.03. The average molecular weight is 486 g/mol. The molecule has 1 atom stereocenters. The molecule has 5 N–H and O–H groups in total. The number of amides is 1. The molecule has 1 unspecified atom stereocenters. The van der Waals surface area contributed by atoms with E-state index in [4.69, 9.17) is 30.5 Å². The number of rotatable bonds is 8. The number of methoxy groups -OCH3 is 1. The number of nitrogens with two attached hydrogens (primary N) is 1. The number of hydrogen-bond acceptors (Lipinski definition) is 6. The fourth-order valence-electron chi connectivity index (χ4n) is 2.84. The molecule has 0 aliphatic rings. The third-order valence-electron chi connectivity index (χ3n) is 4.42. The van der Waals surface area contributed by atoms with Gasteiger partial charge in [-0.2, -0.15) is 0 Å². The first-order valence-corrected chi connectivity index (χ1v) is 10.1. The number of nitrogens with one attached hydrogen (secondary N) is 2. The normalized spacial score (nSPS) is 11.0. The Balaban J connectivity index is 0.00000100. The number of amidine groups is 1. The van der Waals surface area contributed by atoms with Crippen molar-refractivity contribution in [1.82, 2.24) is 10.3 Å². The van der Waals surface area contributed by atoms with Crippen LogP contribution >= 0.6 is 0 Å². The van der Waals surface area contributed by atoms with Crippen LogP contribution in [0, 0.1) is 17.0 Å². The molecule has 3 aromatic rings. The summed E-state index contributed by atoms with van der Waals surface area (Å²) in [5, 5.41) is 17.4. The lowest BCUT2D eigenvalue weighted by atomic mass is 10.1. The summed E-state index contributed by atoms with van der Waals surface area (Å²) in [4.78, 5) is 25.5. The predicted molar refractivity (Wildman–Crippen MR) is 123 cm³/mol. The lowest BCUT2D eigenvalue weighted by Gasteiger charge is -2.18. The number of halogens is 2. The van der Waals surface area contributed by atoms with E-state index in [9.17, 15) is 9.18 Å². The smallest absolute Gasteiger partial charge is 0.300 e. The van der Waals surface area contributed by atoms with E-state index < -0.39 is 35.2 Å². The first-order valence-electron chi connectivity index (χ1n) is 10.1. The molecule has 0 aliphatic heterocycles. The molecule has 11 heteroatoms. The highest BCUT2D eigenvalue weighted by Gasteiger charge is 2.29. The molecule has 0 spiro atoms. The minimum absolute atomic E-state index is 0.0747. The Kier molecular flexibility index (Phi) is 9.79. The quantitative estimate of drug-likeness (QED) is 0.281. The number of carbonyl (C=O) groups excluding carboxylic acids is 1. The van der Waals surface area contributed by atoms with Gasteiger partial charge >= 0.3 is 0 Å². The largest absolute Gasteiger partial charge is 0.481 e. The van der Waals surface area contributed by atoms with Gasteiger partial charge in [0, 0.05) is 32.3 Å². The van der Waals surface area contributed by atoms with Gasteiger partial charge in [0.05, 0.1) is 11.8 Å². The van der Waals surface area contributed by atoms with E-state index in [1.165, 1.54) is 19.5 Å². The summed E-state index contributed by atoms with van der Waals surface area (Å²) in [6, 6.07) is 11.9. The number of ether oxygens (including phenoxy) is 2. The summed E-state index contributed by atoms with van der Waals surface area (Å²) in [6.45, 7) is 1.17. The lowest BCUT2D eigenvalue weighted by Crippen LogP contribution is -2.31. The molecular weight excluding hydrogens is 462 g/mol. The topological polar surface area (TPSA) is 148 Å². The summed E-state index contributed by atoms with van der Waals surface area (Å²) in [6.07, 6.45) is 1.37. The molecule has 0 saturated carbocycles. The number of carbonyl (C=O) groups is 2. The molecule has 35 heavy (non-hydrogen) atoms. The van der Waals surface area contributed by atoms with Gasteiger partial charge in [0.2, 0.25) is 0 Å². The van der Waals surface area contributed by atoms with Crippen LogP contribution in [0.2, 0.25) is 0 Å². The van der Waals surface area contributed by atoms with Crippen LogP contribution in [0.4, 0.5) is 8.78 Å². The van der Waals surface area contributed by atoms with Crippen LogP contribution in [0.15, 0.2) is 60.9 Å². The predicted octanol–water partition coefficient (Wildman–Crippen LogP) is 3.53. The van der Waals surface area contributed by atoms with E-state index in [2.05, 4.69) is 10.3 Å². The van der Waals surface area contributed by atoms with Gasteiger partial charge in [-0.25, -0.2) is 8.78 Å². The van der Waals surface area contributed by atoms with Crippen molar-refractivity contribution in [1.29, 1.82) is 5.41 Å². The highest BCUT2D eigenvalue weighted by Crippen LogP contribution is 2.32. The summed E-state index contributed by atoms with van der Waals surface area (Å²) in [7, 11) is 1.18. The molecule has 1 aromatic heterocycles. The van der Waals surface area contributed by atoms with Gasteiger partial charge in [0.1, 0.15) is 17.4 Å². The molecule has 2 aromatic carbocycles.